The monoisotopic (exact) mass is 447 g/mol. The fourth-order valence-corrected chi connectivity index (χ4v) is 4.71. The third-order valence-corrected chi connectivity index (χ3v) is 6.07. The Morgan fingerprint density at radius 2 is 1.81 bits per heavy atom. The molecule has 0 saturated heterocycles. The zero-order valence-electron chi connectivity index (χ0n) is 17.7. The van der Waals surface area contributed by atoms with Crippen LogP contribution in [0.5, 0.6) is 11.5 Å². The molecule has 0 radical (unpaired) electrons. The Hall–Kier alpha value is -3.07. The number of anilines is 1. The van der Waals surface area contributed by atoms with Gasteiger partial charge in [0.1, 0.15) is 22.1 Å². The van der Waals surface area contributed by atoms with Gasteiger partial charge in [0.15, 0.2) is 6.61 Å². The second kappa shape index (κ2) is 10.3. The van der Waals surface area contributed by atoms with Crippen LogP contribution in [0.25, 0.3) is 0 Å². The fraction of sp³-hybridized carbons (Fsp3) is 0.409. The van der Waals surface area contributed by atoms with Crippen LogP contribution < -0.4 is 14.8 Å². The maximum Gasteiger partial charge on any atom is 0.342 e. The smallest absolute Gasteiger partial charge is 0.342 e. The van der Waals surface area contributed by atoms with E-state index in [1.807, 2.05) is 0 Å². The van der Waals surface area contributed by atoms with E-state index in [-0.39, 0.29) is 17.9 Å². The molecule has 0 aliphatic heterocycles. The predicted octanol–water partition coefficient (Wildman–Crippen LogP) is 3.62. The molecule has 0 spiro atoms. The van der Waals surface area contributed by atoms with Gasteiger partial charge >= 0.3 is 11.9 Å². The number of thiophene rings is 1. The summed E-state index contributed by atoms with van der Waals surface area (Å²) in [7, 11) is 2.93. The molecule has 1 amide bonds. The number of hydrogen-bond acceptors (Lipinski definition) is 8. The molecule has 9 heteroatoms. The van der Waals surface area contributed by atoms with Crippen LogP contribution in [-0.4, -0.2) is 45.3 Å². The Morgan fingerprint density at radius 1 is 1.03 bits per heavy atom. The van der Waals surface area contributed by atoms with Gasteiger partial charge in [-0.15, -0.1) is 11.3 Å². The summed E-state index contributed by atoms with van der Waals surface area (Å²) < 4.78 is 20.6. The van der Waals surface area contributed by atoms with E-state index < -0.39 is 24.5 Å². The first-order valence-corrected chi connectivity index (χ1v) is 10.8. The van der Waals surface area contributed by atoms with E-state index in [2.05, 4.69) is 5.32 Å². The second-order valence-electron chi connectivity index (χ2n) is 6.83. The molecular formula is C22H25NO7S. The number of amides is 1. The number of esters is 2. The van der Waals surface area contributed by atoms with Crippen molar-refractivity contribution in [3.63, 3.8) is 0 Å². The van der Waals surface area contributed by atoms with Gasteiger partial charge in [-0.2, -0.15) is 0 Å². The summed E-state index contributed by atoms with van der Waals surface area (Å²) >= 11 is 1.38. The molecule has 0 atom stereocenters. The van der Waals surface area contributed by atoms with Gasteiger partial charge in [-0.3, -0.25) is 4.79 Å². The van der Waals surface area contributed by atoms with Crippen LogP contribution in [0.1, 0.15) is 50.9 Å². The van der Waals surface area contributed by atoms with Crippen molar-refractivity contribution in [3.8, 4) is 11.5 Å². The molecule has 1 aromatic carbocycles. The average molecular weight is 448 g/mol. The molecule has 3 rings (SSSR count). The van der Waals surface area contributed by atoms with Gasteiger partial charge in [-0.05, 0) is 50.3 Å². The predicted molar refractivity (Wildman–Crippen MR) is 115 cm³/mol. The fourth-order valence-electron chi connectivity index (χ4n) is 3.41. The zero-order valence-corrected chi connectivity index (χ0v) is 18.6. The van der Waals surface area contributed by atoms with E-state index in [9.17, 15) is 14.4 Å². The van der Waals surface area contributed by atoms with Crippen molar-refractivity contribution in [2.45, 2.75) is 32.6 Å². The van der Waals surface area contributed by atoms with Crippen molar-refractivity contribution < 1.29 is 33.3 Å². The molecule has 8 nitrogen and oxygen atoms in total. The minimum Gasteiger partial charge on any atom is -0.497 e. The Bertz CT molecular complexity index is 982. The molecule has 31 heavy (non-hydrogen) atoms. The standard InChI is InChI=1S/C22H25NO7S/c1-4-29-22(26)19-15-7-5-6-8-17(15)31-20(19)23-18(24)12-30-21(25)14-10-9-13(27-2)11-16(14)28-3/h9-11H,4-8,12H2,1-3H3,(H,23,24). The highest BCUT2D eigenvalue weighted by Gasteiger charge is 2.27. The van der Waals surface area contributed by atoms with Crippen molar-refractivity contribution in [1.29, 1.82) is 0 Å². The van der Waals surface area contributed by atoms with Gasteiger partial charge in [0.2, 0.25) is 0 Å². The quantitative estimate of drug-likeness (QED) is 0.617. The lowest BCUT2D eigenvalue weighted by Gasteiger charge is -2.12. The van der Waals surface area contributed by atoms with Gasteiger partial charge in [0.25, 0.3) is 5.91 Å². The number of fused-ring (bicyclic) bond motifs is 1. The first-order chi connectivity index (χ1) is 15.0. The van der Waals surface area contributed by atoms with Crippen molar-refractivity contribution >= 4 is 34.2 Å². The van der Waals surface area contributed by atoms with E-state index in [1.54, 1.807) is 19.1 Å². The number of hydrogen-bond donors (Lipinski definition) is 1. The van der Waals surface area contributed by atoms with Crippen LogP contribution in [0.15, 0.2) is 18.2 Å². The third-order valence-electron chi connectivity index (χ3n) is 4.87. The lowest BCUT2D eigenvalue weighted by atomic mass is 9.95. The molecule has 2 aromatic rings. The Balaban J connectivity index is 1.69. The van der Waals surface area contributed by atoms with Gasteiger partial charge in [-0.1, -0.05) is 0 Å². The van der Waals surface area contributed by atoms with Gasteiger partial charge in [0, 0.05) is 10.9 Å². The summed E-state index contributed by atoms with van der Waals surface area (Å²) in [6, 6.07) is 4.66. The van der Waals surface area contributed by atoms with Crippen LogP contribution in [0.3, 0.4) is 0 Å². The van der Waals surface area contributed by atoms with Crippen LogP contribution in [-0.2, 0) is 27.1 Å². The van der Waals surface area contributed by atoms with E-state index in [0.29, 0.717) is 16.3 Å². The van der Waals surface area contributed by atoms with Crippen LogP contribution >= 0.6 is 11.3 Å². The molecule has 1 N–H and O–H groups in total. The second-order valence-corrected chi connectivity index (χ2v) is 7.93. The zero-order chi connectivity index (χ0) is 22.4. The molecule has 0 bridgehead atoms. The van der Waals surface area contributed by atoms with Gasteiger partial charge in [-0.25, -0.2) is 9.59 Å². The van der Waals surface area contributed by atoms with Crippen molar-refractivity contribution in [3.05, 3.63) is 39.8 Å². The first kappa shape index (κ1) is 22.6. The van der Waals surface area contributed by atoms with Crippen molar-refractivity contribution in [1.82, 2.24) is 0 Å². The Labute approximate surface area is 184 Å². The number of benzene rings is 1. The van der Waals surface area contributed by atoms with E-state index in [0.717, 1.165) is 36.1 Å². The summed E-state index contributed by atoms with van der Waals surface area (Å²) in [6.45, 7) is 1.48. The highest BCUT2D eigenvalue weighted by molar-refractivity contribution is 7.17. The lowest BCUT2D eigenvalue weighted by Crippen LogP contribution is -2.22. The summed E-state index contributed by atoms with van der Waals surface area (Å²) in [5.41, 5.74) is 1.54. The molecule has 0 saturated carbocycles. The number of methoxy groups -OCH3 is 2. The summed E-state index contributed by atoms with van der Waals surface area (Å²) in [6.07, 6.45) is 3.69. The number of ether oxygens (including phenoxy) is 4. The van der Waals surface area contributed by atoms with Crippen molar-refractivity contribution in [2.24, 2.45) is 0 Å². The minimum atomic E-state index is -0.703. The van der Waals surface area contributed by atoms with Crippen LogP contribution in [0, 0.1) is 0 Å². The molecule has 0 unspecified atom stereocenters. The highest BCUT2D eigenvalue weighted by Crippen LogP contribution is 2.38. The maximum absolute atomic E-state index is 12.5. The molecule has 0 fully saturated rings. The number of aryl methyl sites for hydroxylation is 1. The molecule has 1 aromatic heterocycles. The first-order valence-electron chi connectivity index (χ1n) is 9.99. The van der Waals surface area contributed by atoms with Crippen LogP contribution in [0.4, 0.5) is 5.00 Å². The van der Waals surface area contributed by atoms with E-state index >= 15 is 0 Å². The normalized spacial score (nSPS) is 12.5. The van der Waals surface area contributed by atoms with Gasteiger partial charge < -0.3 is 24.3 Å². The molecule has 1 heterocycles. The van der Waals surface area contributed by atoms with Crippen LogP contribution in [0.2, 0.25) is 0 Å². The van der Waals surface area contributed by atoms with Gasteiger partial charge in [0.05, 0.1) is 26.4 Å². The Morgan fingerprint density at radius 3 is 2.52 bits per heavy atom. The molecule has 166 valence electrons. The average Bonchev–Trinajstić information content (AvgIpc) is 3.14. The Kier molecular flexibility index (Phi) is 7.51. The highest BCUT2D eigenvalue weighted by atomic mass is 32.1. The molecule has 1 aliphatic rings. The van der Waals surface area contributed by atoms with Crippen molar-refractivity contribution in [2.75, 3.05) is 32.8 Å². The number of carbonyl (C=O) groups is 3. The lowest BCUT2D eigenvalue weighted by molar-refractivity contribution is -0.119. The topological polar surface area (TPSA) is 100 Å². The number of rotatable bonds is 8. The number of nitrogens with one attached hydrogen (secondary N) is 1. The maximum atomic E-state index is 12.5. The minimum absolute atomic E-state index is 0.176. The number of carbonyl (C=O) groups excluding carboxylic acids is 3. The summed E-state index contributed by atoms with van der Waals surface area (Å²) in [5.74, 6) is -0.882. The summed E-state index contributed by atoms with van der Waals surface area (Å²) in [5, 5.41) is 3.15. The summed E-state index contributed by atoms with van der Waals surface area (Å²) in [4.78, 5) is 38.4. The SMILES string of the molecule is CCOC(=O)c1c(NC(=O)COC(=O)c2ccc(OC)cc2OC)sc2c1CCCC2. The van der Waals surface area contributed by atoms with E-state index in [4.69, 9.17) is 18.9 Å². The van der Waals surface area contributed by atoms with E-state index in [1.165, 1.54) is 31.6 Å². The molecular weight excluding hydrogens is 422 g/mol. The molecule has 1 aliphatic carbocycles. The third kappa shape index (κ3) is 5.16. The largest absolute Gasteiger partial charge is 0.497 e.